The first-order valence-corrected chi connectivity index (χ1v) is 5.65. The largest absolute Gasteiger partial charge is 0.315 e. The van der Waals surface area contributed by atoms with Crippen LogP contribution in [-0.4, -0.2) is 33.8 Å². The zero-order valence-electron chi connectivity index (χ0n) is 6.63. The number of nitrogens with one attached hydrogen (secondary N) is 2. The van der Waals surface area contributed by atoms with Crippen molar-refractivity contribution in [3.63, 3.8) is 0 Å². The number of hydrogen-bond donors (Lipinski definition) is 2. The van der Waals surface area contributed by atoms with Crippen LogP contribution in [0.5, 0.6) is 0 Å². The Labute approximate surface area is 67.4 Å². The van der Waals surface area contributed by atoms with Crippen LogP contribution in [0.25, 0.3) is 0 Å². The van der Waals surface area contributed by atoms with Gasteiger partial charge in [0.2, 0.25) is 10.0 Å². The molecule has 0 radical (unpaired) electrons. The molecule has 2 N–H and O–H groups in total. The fourth-order valence-electron chi connectivity index (χ4n) is 1.26. The number of rotatable bonds is 2. The predicted octanol–water partition coefficient (Wildman–Crippen LogP) is -0.712. The van der Waals surface area contributed by atoms with Gasteiger partial charge in [0, 0.05) is 12.6 Å². The molecule has 0 aliphatic carbocycles. The molecule has 1 rings (SSSR count). The van der Waals surface area contributed by atoms with E-state index in [0.717, 1.165) is 25.9 Å². The third-order valence-electron chi connectivity index (χ3n) is 1.68. The summed E-state index contributed by atoms with van der Waals surface area (Å²) in [4.78, 5) is 0. The van der Waals surface area contributed by atoms with Crippen molar-refractivity contribution in [3.05, 3.63) is 0 Å². The van der Waals surface area contributed by atoms with E-state index in [1.807, 2.05) is 0 Å². The molecule has 1 aliphatic rings. The van der Waals surface area contributed by atoms with Gasteiger partial charge in [-0.25, -0.2) is 13.1 Å². The second-order valence-corrected chi connectivity index (χ2v) is 4.71. The summed E-state index contributed by atoms with van der Waals surface area (Å²) in [7, 11) is -3.01. The first-order chi connectivity index (χ1) is 5.08. The highest BCUT2D eigenvalue weighted by molar-refractivity contribution is 7.88. The van der Waals surface area contributed by atoms with Gasteiger partial charge < -0.3 is 5.32 Å². The van der Waals surface area contributed by atoms with Crippen molar-refractivity contribution in [2.75, 3.05) is 19.3 Å². The molecule has 1 saturated heterocycles. The van der Waals surface area contributed by atoms with Crippen LogP contribution in [0.4, 0.5) is 0 Å². The van der Waals surface area contributed by atoms with E-state index in [-0.39, 0.29) is 6.04 Å². The molecule has 0 spiro atoms. The molecule has 1 fully saturated rings. The summed E-state index contributed by atoms with van der Waals surface area (Å²) in [5, 5.41) is 3.13. The van der Waals surface area contributed by atoms with Crippen LogP contribution >= 0.6 is 0 Å². The highest BCUT2D eigenvalue weighted by Crippen LogP contribution is 2.01. The third kappa shape index (κ3) is 3.69. The van der Waals surface area contributed by atoms with Crippen LogP contribution in [0.2, 0.25) is 0 Å². The molecule has 0 amide bonds. The first kappa shape index (κ1) is 8.96. The lowest BCUT2D eigenvalue weighted by Gasteiger charge is -2.22. The van der Waals surface area contributed by atoms with Gasteiger partial charge in [-0.15, -0.1) is 0 Å². The fourth-order valence-corrected chi connectivity index (χ4v) is 2.06. The molecule has 0 unspecified atom stereocenters. The third-order valence-corrected chi connectivity index (χ3v) is 2.44. The molecule has 5 heteroatoms. The van der Waals surface area contributed by atoms with Gasteiger partial charge >= 0.3 is 0 Å². The van der Waals surface area contributed by atoms with Gasteiger partial charge in [-0.2, -0.15) is 0 Å². The van der Waals surface area contributed by atoms with Crippen LogP contribution in [0.15, 0.2) is 0 Å². The molecular formula is C6H14N2O2S. The van der Waals surface area contributed by atoms with Crippen LogP contribution < -0.4 is 10.0 Å². The Morgan fingerprint density at radius 2 is 2.27 bits per heavy atom. The summed E-state index contributed by atoms with van der Waals surface area (Å²) in [5.41, 5.74) is 0. The molecule has 0 aromatic rings. The molecule has 0 aromatic carbocycles. The monoisotopic (exact) mass is 178 g/mol. The summed E-state index contributed by atoms with van der Waals surface area (Å²) in [6, 6.07) is 0.0961. The van der Waals surface area contributed by atoms with Crippen molar-refractivity contribution in [3.8, 4) is 0 Å². The summed E-state index contributed by atoms with van der Waals surface area (Å²) >= 11 is 0. The van der Waals surface area contributed by atoms with Crippen molar-refractivity contribution in [1.82, 2.24) is 10.0 Å². The Morgan fingerprint density at radius 1 is 1.55 bits per heavy atom. The second-order valence-electron chi connectivity index (χ2n) is 2.93. The lowest BCUT2D eigenvalue weighted by Crippen LogP contribution is -2.45. The quantitative estimate of drug-likeness (QED) is 0.587. The Morgan fingerprint density at radius 3 is 2.73 bits per heavy atom. The lowest BCUT2D eigenvalue weighted by atomic mass is 10.1. The van der Waals surface area contributed by atoms with Gasteiger partial charge in [-0.1, -0.05) is 0 Å². The standard InChI is InChI=1S/C6H14N2O2S/c1-11(9,10)8-6-3-2-4-7-5-6/h6-8H,2-5H2,1H3/t6-/m1/s1. The molecule has 4 nitrogen and oxygen atoms in total. The van der Waals surface area contributed by atoms with E-state index in [1.54, 1.807) is 0 Å². The zero-order valence-corrected chi connectivity index (χ0v) is 7.45. The number of piperidine rings is 1. The second kappa shape index (κ2) is 3.51. The highest BCUT2D eigenvalue weighted by atomic mass is 32.2. The minimum Gasteiger partial charge on any atom is -0.315 e. The molecule has 0 saturated carbocycles. The topological polar surface area (TPSA) is 58.2 Å². The highest BCUT2D eigenvalue weighted by Gasteiger charge is 2.15. The van der Waals surface area contributed by atoms with E-state index in [4.69, 9.17) is 0 Å². The Bertz CT molecular complexity index is 207. The van der Waals surface area contributed by atoms with Crippen molar-refractivity contribution in [2.45, 2.75) is 18.9 Å². The molecule has 0 aromatic heterocycles. The number of sulfonamides is 1. The minimum atomic E-state index is -3.01. The molecule has 1 aliphatic heterocycles. The summed E-state index contributed by atoms with van der Waals surface area (Å²) < 4.78 is 24.1. The van der Waals surface area contributed by atoms with Crippen LogP contribution in [0, 0.1) is 0 Å². The van der Waals surface area contributed by atoms with Gasteiger partial charge in [0.05, 0.1) is 6.26 Å². The maximum absolute atomic E-state index is 10.8. The van der Waals surface area contributed by atoms with Crippen LogP contribution in [0.1, 0.15) is 12.8 Å². The van der Waals surface area contributed by atoms with E-state index >= 15 is 0 Å². The average molecular weight is 178 g/mol. The first-order valence-electron chi connectivity index (χ1n) is 3.76. The molecule has 11 heavy (non-hydrogen) atoms. The van der Waals surface area contributed by atoms with Gasteiger partial charge in [0.15, 0.2) is 0 Å². The van der Waals surface area contributed by atoms with Crippen molar-refractivity contribution >= 4 is 10.0 Å². The molecule has 1 atom stereocenters. The van der Waals surface area contributed by atoms with E-state index < -0.39 is 10.0 Å². The molecular weight excluding hydrogens is 164 g/mol. The normalized spacial score (nSPS) is 26.8. The van der Waals surface area contributed by atoms with Gasteiger partial charge in [-0.05, 0) is 19.4 Å². The van der Waals surface area contributed by atoms with Crippen molar-refractivity contribution in [1.29, 1.82) is 0 Å². The lowest BCUT2D eigenvalue weighted by molar-refractivity contribution is 0.430. The maximum atomic E-state index is 10.8. The predicted molar refractivity (Wildman–Crippen MR) is 43.9 cm³/mol. The Hall–Kier alpha value is -0.130. The van der Waals surface area contributed by atoms with Gasteiger partial charge in [0.1, 0.15) is 0 Å². The zero-order chi connectivity index (χ0) is 8.32. The van der Waals surface area contributed by atoms with Gasteiger partial charge in [-0.3, -0.25) is 0 Å². The average Bonchev–Trinajstić information content (AvgIpc) is 1.85. The fraction of sp³-hybridized carbons (Fsp3) is 1.00. The molecule has 66 valence electrons. The van der Waals surface area contributed by atoms with Gasteiger partial charge in [0.25, 0.3) is 0 Å². The SMILES string of the molecule is CS(=O)(=O)N[C@@H]1CCCNC1. The van der Waals surface area contributed by atoms with Crippen LogP contribution in [-0.2, 0) is 10.0 Å². The van der Waals surface area contributed by atoms with Crippen molar-refractivity contribution in [2.24, 2.45) is 0 Å². The van der Waals surface area contributed by atoms with Crippen molar-refractivity contribution < 1.29 is 8.42 Å². The van der Waals surface area contributed by atoms with E-state index in [9.17, 15) is 8.42 Å². The maximum Gasteiger partial charge on any atom is 0.208 e. The van der Waals surface area contributed by atoms with Crippen LogP contribution in [0.3, 0.4) is 0 Å². The summed E-state index contributed by atoms with van der Waals surface area (Å²) in [6.45, 7) is 1.76. The Balaban J connectivity index is 2.36. The smallest absolute Gasteiger partial charge is 0.208 e. The van der Waals surface area contributed by atoms with E-state index in [2.05, 4.69) is 10.0 Å². The minimum absolute atomic E-state index is 0.0961. The summed E-state index contributed by atoms with van der Waals surface area (Å²) in [6.07, 6.45) is 3.19. The Kier molecular flexibility index (Phi) is 2.86. The van der Waals surface area contributed by atoms with E-state index in [1.165, 1.54) is 6.26 Å². The molecule has 1 heterocycles. The van der Waals surface area contributed by atoms with E-state index in [0.29, 0.717) is 0 Å². The number of hydrogen-bond acceptors (Lipinski definition) is 3. The molecule has 0 bridgehead atoms. The summed E-state index contributed by atoms with van der Waals surface area (Å²) in [5.74, 6) is 0.